The van der Waals surface area contributed by atoms with Gasteiger partial charge in [-0.15, -0.1) is 0 Å². The maximum atomic E-state index is 13.9. The number of halogens is 2. The summed E-state index contributed by atoms with van der Waals surface area (Å²) in [5.74, 6) is -0.889. The third-order valence-corrected chi connectivity index (χ3v) is 10.6. The number of rotatable bonds is 10. The van der Waals surface area contributed by atoms with Gasteiger partial charge in [-0.2, -0.15) is 9.97 Å². The Morgan fingerprint density at radius 2 is 1.77 bits per heavy atom. The first kappa shape index (κ1) is 27.1. The molecule has 226 valence electrons. The lowest BCUT2D eigenvalue weighted by molar-refractivity contribution is -0.132. The van der Waals surface area contributed by atoms with E-state index >= 15 is 0 Å². The first-order valence-corrected chi connectivity index (χ1v) is 15.9. The van der Waals surface area contributed by atoms with Gasteiger partial charge in [0.15, 0.2) is 5.82 Å². The number of anilines is 1. The summed E-state index contributed by atoms with van der Waals surface area (Å²) in [5, 5.41) is 4.29. The Balaban J connectivity index is 1.04. The van der Waals surface area contributed by atoms with Crippen LogP contribution in [0.4, 0.5) is 14.5 Å². The monoisotopic (exact) mass is 589 g/mol. The van der Waals surface area contributed by atoms with Crippen LogP contribution >= 0.6 is 0 Å². The highest BCUT2D eigenvalue weighted by molar-refractivity contribution is 5.94. The lowest BCUT2D eigenvalue weighted by atomic mass is 9.53. The van der Waals surface area contributed by atoms with Crippen molar-refractivity contribution >= 4 is 11.6 Å². The summed E-state index contributed by atoms with van der Waals surface area (Å²) in [6, 6.07) is 10.0. The maximum Gasteiger partial charge on any atom is 0.317 e. The van der Waals surface area contributed by atoms with Crippen molar-refractivity contribution < 1.29 is 22.8 Å². The molecule has 3 aromatic rings. The minimum absolute atomic E-state index is 0.0312. The smallest absolute Gasteiger partial charge is 0.317 e. The predicted octanol–water partition coefficient (Wildman–Crippen LogP) is 7.01. The zero-order valence-corrected chi connectivity index (χ0v) is 24.3. The minimum atomic E-state index is -2.65. The molecule has 0 N–H and O–H groups in total. The highest BCUT2D eigenvalue weighted by Gasteiger charge is 2.53. The van der Waals surface area contributed by atoms with Crippen LogP contribution in [0.15, 0.2) is 41.1 Å². The molecule has 9 rings (SSSR count). The number of ether oxygens (including phenoxy) is 1. The first-order valence-electron chi connectivity index (χ1n) is 15.9. The Hall–Kier alpha value is -3.43. The van der Waals surface area contributed by atoms with Crippen LogP contribution in [0.1, 0.15) is 101 Å². The Kier molecular flexibility index (Phi) is 6.35. The fourth-order valence-corrected chi connectivity index (χ4v) is 7.45. The van der Waals surface area contributed by atoms with Crippen molar-refractivity contribution in [1.82, 2.24) is 20.1 Å². The van der Waals surface area contributed by atoms with Crippen LogP contribution in [-0.4, -0.2) is 44.6 Å². The van der Waals surface area contributed by atoms with E-state index in [9.17, 15) is 13.6 Å². The van der Waals surface area contributed by atoms with Gasteiger partial charge in [0.25, 0.3) is 0 Å². The summed E-state index contributed by atoms with van der Waals surface area (Å²) in [5.41, 5.74) is 2.26. The van der Waals surface area contributed by atoms with Crippen LogP contribution < -0.4 is 9.64 Å². The van der Waals surface area contributed by atoms with Gasteiger partial charge in [-0.1, -0.05) is 17.3 Å². The van der Waals surface area contributed by atoms with Crippen molar-refractivity contribution in [3.8, 4) is 17.3 Å². The second kappa shape index (κ2) is 10.1. The number of benzene rings is 1. The van der Waals surface area contributed by atoms with Gasteiger partial charge in [0.05, 0.1) is 5.69 Å². The molecule has 0 spiro atoms. The van der Waals surface area contributed by atoms with E-state index in [-0.39, 0.29) is 48.0 Å². The number of carbonyl (C=O) groups excluding carboxylic acids is 1. The molecule has 2 heterocycles. The highest BCUT2D eigenvalue weighted by Crippen LogP contribution is 2.58. The van der Waals surface area contributed by atoms with Crippen LogP contribution in [0.25, 0.3) is 11.3 Å². The third kappa shape index (κ3) is 5.42. The van der Waals surface area contributed by atoms with Crippen molar-refractivity contribution in [2.45, 2.75) is 107 Å². The lowest BCUT2D eigenvalue weighted by Crippen LogP contribution is -2.51. The van der Waals surface area contributed by atoms with Crippen LogP contribution in [0.3, 0.4) is 0 Å². The summed E-state index contributed by atoms with van der Waals surface area (Å²) in [7, 11) is 0. The van der Waals surface area contributed by atoms with E-state index in [2.05, 4.69) is 15.1 Å². The second-order valence-corrected chi connectivity index (χ2v) is 13.9. The van der Waals surface area contributed by atoms with E-state index in [1.54, 1.807) is 6.20 Å². The van der Waals surface area contributed by atoms with Gasteiger partial charge in [-0.3, -0.25) is 4.79 Å². The molecule has 0 saturated heterocycles. The molecule has 8 nitrogen and oxygen atoms in total. The summed E-state index contributed by atoms with van der Waals surface area (Å²) in [6.45, 7) is 0.575. The van der Waals surface area contributed by atoms with Crippen LogP contribution in [-0.2, 0) is 10.2 Å². The Bertz CT molecular complexity index is 1500. The summed E-state index contributed by atoms with van der Waals surface area (Å²) >= 11 is 0. The Morgan fingerprint density at radius 1 is 1.00 bits per heavy atom. The number of hydrogen-bond donors (Lipinski definition) is 0. The molecule has 0 atom stereocenters. The van der Waals surface area contributed by atoms with E-state index in [4.69, 9.17) is 14.2 Å². The van der Waals surface area contributed by atoms with Crippen molar-refractivity contribution in [3.05, 3.63) is 48.2 Å². The van der Waals surface area contributed by atoms with E-state index in [1.165, 1.54) is 0 Å². The van der Waals surface area contributed by atoms with Crippen molar-refractivity contribution in [1.29, 1.82) is 0 Å². The molecule has 6 fully saturated rings. The first-order chi connectivity index (χ1) is 20.8. The van der Waals surface area contributed by atoms with E-state index in [0.717, 1.165) is 92.9 Å². The van der Waals surface area contributed by atoms with Crippen LogP contribution in [0, 0.1) is 11.3 Å². The minimum Gasteiger partial charge on any atom is -0.460 e. The van der Waals surface area contributed by atoms with Gasteiger partial charge >= 0.3 is 6.01 Å². The fraction of sp³-hybridized carbons (Fsp3) is 0.606. The van der Waals surface area contributed by atoms with E-state index < -0.39 is 5.92 Å². The molecular formula is C33H37F2N5O3. The normalized spacial score (nSPS) is 28.0. The molecule has 0 unspecified atom stereocenters. The fourth-order valence-electron chi connectivity index (χ4n) is 7.45. The van der Waals surface area contributed by atoms with Gasteiger partial charge in [0.2, 0.25) is 17.7 Å². The largest absolute Gasteiger partial charge is 0.460 e. The zero-order valence-electron chi connectivity index (χ0n) is 24.3. The summed E-state index contributed by atoms with van der Waals surface area (Å²) in [6.07, 6.45) is 11.7. The maximum absolute atomic E-state index is 13.9. The quantitative estimate of drug-likeness (QED) is 0.251. The van der Waals surface area contributed by atoms with Crippen molar-refractivity contribution in [2.75, 3.05) is 11.4 Å². The molecule has 10 heteroatoms. The van der Waals surface area contributed by atoms with Gasteiger partial charge in [0, 0.05) is 54.6 Å². The lowest BCUT2D eigenvalue weighted by Gasteiger charge is -2.53. The molecular weight excluding hydrogens is 552 g/mol. The number of fused-ring (bicyclic) bond motifs is 3. The number of carbonyl (C=O) groups is 1. The number of hydrogen-bond acceptors (Lipinski definition) is 7. The molecule has 1 aromatic carbocycles. The number of amides is 1. The number of nitrogens with zero attached hydrogens (tertiary/aromatic N) is 5. The zero-order chi connectivity index (χ0) is 29.2. The molecule has 6 aliphatic carbocycles. The summed E-state index contributed by atoms with van der Waals surface area (Å²) < 4.78 is 39.0. The SMILES string of the molecule is O=C(CC1CC(F)(F)C1)N(CC12CCC(c3nc(C4CC4)no3)(CC1)CC2)c1cccc(-c2ccnc(OC3CC3)n2)c1. The van der Waals surface area contributed by atoms with Crippen molar-refractivity contribution in [2.24, 2.45) is 11.3 Å². The number of alkyl halides is 2. The third-order valence-electron chi connectivity index (χ3n) is 10.6. The van der Waals surface area contributed by atoms with Gasteiger partial charge < -0.3 is 14.2 Å². The predicted molar refractivity (Wildman–Crippen MR) is 154 cm³/mol. The standard InChI is InChI=1S/C33H37F2N5O3/c34-33(35)18-21(19-33)16-27(41)40(24-3-1-2-23(17-24)26-8-15-36-30(37-26)42-25-6-7-25)20-31-9-12-32(13-10-31,14-11-31)29-38-28(39-43-29)22-4-5-22/h1-3,8,15,17,21-22,25H,4-7,9-14,16,18-20H2. The van der Waals surface area contributed by atoms with E-state index in [0.29, 0.717) is 18.5 Å². The van der Waals surface area contributed by atoms with Gasteiger partial charge in [-0.05, 0) is 93.7 Å². The summed E-state index contributed by atoms with van der Waals surface area (Å²) in [4.78, 5) is 29.5. The molecule has 0 aliphatic heterocycles. The molecule has 43 heavy (non-hydrogen) atoms. The van der Waals surface area contributed by atoms with Crippen LogP contribution in [0.5, 0.6) is 6.01 Å². The molecule has 0 radical (unpaired) electrons. The van der Waals surface area contributed by atoms with Crippen molar-refractivity contribution in [3.63, 3.8) is 0 Å². The van der Waals surface area contributed by atoms with E-state index in [1.807, 2.05) is 35.2 Å². The van der Waals surface area contributed by atoms with Gasteiger partial charge in [-0.25, -0.2) is 13.8 Å². The Morgan fingerprint density at radius 3 is 2.47 bits per heavy atom. The topological polar surface area (TPSA) is 94.2 Å². The molecule has 1 amide bonds. The molecule has 6 saturated carbocycles. The highest BCUT2D eigenvalue weighted by atomic mass is 19.3. The van der Waals surface area contributed by atoms with Crippen LogP contribution in [0.2, 0.25) is 0 Å². The number of aromatic nitrogens is 4. The molecule has 6 aliphatic rings. The second-order valence-electron chi connectivity index (χ2n) is 13.9. The van der Waals surface area contributed by atoms with Gasteiger partial charge in [0.1, 0.15) is 6.10 Å². The average Bonchev–Trinajstić information content (AvgIpc) is 3.95. The molecule has 2 aromatic heterocycles. The molecule has 2 bridgehead atoms. The Labute approximate surface area is 249 Å². The average molecular weight is 590 g/mol.